The Labute approximate surface area is 217 Å². The average Bonchev–Trinajstić information content (AvgIpc) is 2.85. The van der Waals surface area contributed by atoms with E-state index in [2.05, 4.69) is 10.8 Å². The second-order valence-electron chi connectivity index (χ2n) is 8.96. The number of unbranched alkanes of at least 4 members (excludes halogenated alkanes) is 8. The Balaban J connectivity index is 2.47. The number of hydrogen-bond acceptors (Lipinski definition) is 8. The van der Waals surface area contributed by atoms with Crippen molar-refractivity contribution >= 4 is 22.1 Å². The molecule has 206 valence electrons. The van der Waals surface area contributed by atoms with Gasteiger partial charge in [-0.3, -0.25) is 13.8 Å². The number of carbonyl (C=O) groups excluding carboxylic acids is 2. The van der Waals surface area contributed by atoms with Crippen LogP contribution in [0.3, 0.4) is 0 Å². The Morgan fingerprint density at radius 2 is 1.31 bits per heavy atom. The number of esters is 2. The van der Waals surface area contributed by atoms with Gasteiger partial charge in [-0.2, -0.15) is 8.42 Å². The second-order valence-corrected chi connectivity index (χ2v) is 10.6. The van der Waals surface area contributed by atoms with Gasteiger partial charge in [0.15, 0.2) is 0 Å². The maximum atomic E-state index is 11.8. The molecule has 0 fully saturated rings. The summed E-state index contributed by atoms with van der Waals surface area (Å²) >= 11 is 0. The molecule has 0 aromatic heterocycles. The smallest absolute Gasteiger partial charge is 0.305 e. The van der Waals surface area contributed by atoms with E-state index in [1.165, 1.54) is 19.8 Å². The van der Waals surface area contributed by atoms with Crippen LogP contribution >= 0.6 is 0 Å². The van der Waals surface area contributed by atoms with Crippen LogP contribution in [-0.4, -0.2) is 54.0 Å². The Morgan fingerprint density at radius 1 is 0.722 bits per heavy atom. The fourth-order valence-electron chi connectivity index (χ4n) is 3.94. The summed E-state index contributed by atoms with van der Waals surface area (Å²) in [6, 6.07) is 6.04. The normalized spacial score (nSPS) is 11.3. The van der Waals surface area contributed by atoms with Crippen molar-refractivity contribution in [2.24, 2.45) is 0 Å². The maximum absolute atomic E-state index is 11.8. The van der Waals surface area contributed by atoms with Crippen LogP contribution in [0.25, 0.3) is 0 Å². The zero-order valence-electron chi connectivity index (χ0n) is 22.2. The lowest BCUT2D eigenvalue weighted by Crippen LogP contribution is -2.07. The van der Waals surface area contributed by atoms with Crippen LogP contribution in [0.15, 0.2) is 18.2 Å². The molecule has 0 amide bonds. The predicted octanol–water partition coefficient (Wildman–Crippen LogP) is 5.15. The molecule has 1 rings (SSSR count). The molecule has 0 N–H and O–H groups in total. The third kappa shape index (κ3) is 15.8. The summed E-state index contributed by atoms with van der Waals surface area (Å²) in [5.41, 5.74) is 2.24. The van der Waals surface area contributed by atoms with Crippen LogP contribution in [0.4, 0.5) is 0 Å². The van der Waals surface area contributed by atoms with Crippen LogP contribution in [0.1, 0.15) is 88.2 Å². The van der Waals surface area contributed by atoms with Gasteiger partial charge in [-0.15, -0.1) is 0 Å². The minimum atomic E-state index is -3.37. The van der Waals surface area contributed by atoms with Gasteiger partial charge in [0.2, 0.25) is 0 Å². The molecule has 0 unspecified atom stereocenters. The first-order valence-electron chi connectivity index (χ1n) is 13.0. The van der Waals surface area contributed by atoms with Crippen LogP contribution in [-0.2, 0) is 46.2 Å². The first-order chi connectivity index (χ1) is 17.3. The minimum absolute atomic E-state index is 0.146. The molecule has 0 spiro atoms. The van der Waals surface area contributed by atoms with Gasteiger partial charge in [0.1, 0.15) is 5.75 Å². The number of rotatable bonds is 21. The molecule has 0 saturated heterocycles. The lowest BCUT2D eigenvalue weighted by molar-refractivity contribution is -0.141. The summed E-state index contributed by atoms with van der Waals surface area (Å²) in [5.74, 6) is 0.442. The molecule has 9 heteroatoms. The summed E-state index contributed by atoms with van der Waals surface area (Å²) in [7, 11) is -0.558. The highest BCUT2D eigenvalue weighted by Crippen LogP contribution is 2.26. The van der Waals surface area contributed by atoms with E-state index in [4.69, 9.17) is 13.7 Å². The molecule has 0 aliphatic heterocycles. The van der Waals surface area contributed by atoms with Crippen molar-refractivity contribution in [1.82, 2.24) is 0 Å². The second kappa shape index (κ2) is 19.0. The number of aryl methyl sites for hydroxylation is 1. The van der Waals surface area contributed by atoms with E-state index < -0.39 is 10.1 Å². The van der Waals surface area contributed by atoms with Crippen molar-refractivity contribution in [3.63, 3.8) is 0 Å². The van der Waals surface area contributed by atoms with Crippen LogP contribution in [0, 0.1) is 0 Å². The van der Waals surface area contributed by atoms with Gasteiger partial charge in [0, 0.05) is 12.8 Å². The number of methoxy groups -OCH3 is 2. The molecule has 8 nitrogen and oxygen atoms in total. The summed E-state index contributed by atoms with van der Waals surface area (Å²) in [6.07, 6.45) is 12.9. The van der Waals surface area contributed by atoms with Crippen molar-refractivity contribution < 1.29 is 36.4 Å². The molecule has 36 heavy (non-hydrogen) atoms. The molecule has 0 atom stereocenters. The summed E-state index contributed by atoms with van der Waals surface area (Å²) in [6.45, 7) is 0.844. The lowest BCUT2D eigenvalue weighted by atomic mass is 9.97. The van der Waals surface area contributed by atoms with Crippen molar-refractivity contribution in [1.29, 1.82) is 0 Å². The van der Waals surface area contributed by atoms with Crippen molar-refractivity contribution in [2.75, 3.05) is 33.7 Å². The Hall–Kier alpha value is -2.13. The standard InChI is InChI=1S/C27H44O8S/c1-32-26(28)18-11-6-4-5-8-12-21-34-25-17-14-16-23(24(25)19-20-27(29)33-2)15-10-7-9-13-22-35-36(3,30)31/h14,16-17H,4-13,15,18-22H2,1-3H3. The number of benzene rings is 1. The molecular formula is C27H44O8S. The average molecular weight is 529 g/mol. The van der Waals surface area contributed by atoms with Gasteiger partial charge in [0.25, 0.3) is 10.1 Å². The number of hydrogen-bond donors (Lipinski definition) is 0. The summed E-state index contributed by atoms with van der Waals surface area (Å²) in [4.78, 5) is 22.9. The van der Waals surface area contributed by atoms with Gasteiger partial charge in [-0.1, -0.05) is 50.7 Å². The maximum Gasteiger partial charge on any atom is 0.305 e. The lowest BCUT2D eigenvalue weighted by Gasteiger charge is -2.16. The fourth-order valence-corrected chi connectivity index (χ4v) is 4.36. The zero-order chi connectivity index (χ0) is 26.7. The first-order valence-corrected chi connectivity index (χ1v) is 14.8. The highest BCUT2D eigenvalue weighted by molar-refractivity contribution is 7.85. The molecule has 0 bridgehead atoms. The van der Waals surface area contributed by atoms with Gasteiger partial charge in [0.05, 0.1) is 33.7 Å². The zero-order valence-corrected chi connectivity index (χ0v) is 23.0. The molecule has 0 saturated carbocycles. The monoisotopic (exact) mass is 528 g/mol. The first kappa shape index (κ1) is 31.9. The van der Waals surface area contributed by atoms with Gasteiger partial charge >= 0.3 is 11.9 Å². The van der Waals surface area contributed by atoms with E-state index in [1.54, 1.807) is 0 Å². The van der Waals surface area contributed by atoms with Gasteiger partial charge in [-0.05, 0) is 55.7 Å². The van der Waals surface area contributed by atoms with E-state index in [0.29, 0.717) is 32.3 Å². The largest absolute Gasteiger partial charge is 0.493 e. The Bertz CT molecular complexity index is 867. The molecule has 0 aliphatic carbocycles. The highest BCUT2D eigenvalue weighted by Gasteiger charge is 2.12. The number of carbonyl (C=O) groups is 2. The Morgan fingerprint density at radius 3 is 1.97 bits per heavy atom. The molecule has 1 aromatic rings. The topological polar surface area (TPSA) is 105 Å². The van der Waals surface area contributed by atoms with Crippen LogP contribution in [0.2, 0.25) is 0 Å². The quantitative estimate of drug-likeness (QED) is 0.122. The molecular weight excluding hydrogens is 484 g/mol. The van der Waals surface area contributed by atoms with E-state index in [9.17, 15) is 18.0 Å². The third-order valence-electron chi connectivity index (χ3n) is 5.94. The summed E-state index contributed by atoms with van der Waals surface area (Å²) < 4.78 is 42.4. The SMILES string of the molecule is COC(=O)CCCCCCCCOc1cccc(CCCCCCOS(C)(=O)=O)c1CCC(=O)OC. The highest BCUT2D eigenvalue weighted by atomic mass is 32.2. The van der Waals surface area contributed by atoms with E-state index in [1.807, 2.05) is 12.1 Å². The van der Waals surface area contributed by atoms with Crippen LogP contribution in [0.5, 0.6) is 5.75 Å². The summed E-state index contributed by atoms with van der Waals surface area (Å²) in [5, 5.41) is 0. The predicted molar refractivity (Wildman–Crippen MR) is 140 cm³/mol. The number of ether oxygens (including phenoxy) is 3. The van der Waals surface area contributed by atoms with Crippen molar-refractivity contribution in [3.05, 3.63) is 29.3 Å². The molecule has 0 heterocycles. The van der Waals surface area contributed by atoms with Gasteiger partial charge in [-0.25, -0.2) is 0 Å². The molecule has 1 aromatic carbocycles. The van der Waals surface area contributed by atoms with Gasteiger partial charge < -0.3 is 14.2 Å². The molecule has 0 radical (unpaired) electrons. The van der Waals surface area contributed by atoms with Crippen LogP contribution < -0.4 is 4.74 Å². The minimum Gasteiger partial charge on any atom is -0.493 e. The van der Waals surface area contributed by atoms with Crippen molar-refractivity contribution in [3.8, 4) is 5.75 Å². The third-order valence-corrected chi connectivity index (χ3v) is 6.53. The van der Waals surface area contributed by atoms with E-state index in [-0.39, 0.29) is 18.5 Å². The Kier molecular flexibility index (Phi) is 16.9. The fraction of sp³-hybridized carbons (Fsp3) is 0.704. The van der Waals surface area contributed by atoms with E-state index >= 15 is 0 Å². The van der Waals surface area contributed by atoms with Crippen molar-refractivity contribution in [2.45, 2.75) is 89.9 Å². The molecule has 0 aliphatic rings. The van der Waals surface area contributed by atoms with E-state index in [0.717, 1.165) is 81.8 Å².